The van der Waals surface area contributed by atoms with Crippen molar-refractivity contribution in [2.75, 3.05) is 19.8 Å². The van der Waals surface area contributed by atoms with E-state index in [4.69, 9.17) is 15.0 Å². The van der Waals surface area contributed by atoms with E-state index in [0.717, 1.165) is 0 Å². The summed E-state index contributed by atoms with van der Waals surface area (Å²) < 4.78 is 27.3. The van der Waals surface area contributed by atoms with Crippen molar-refractivity contribution >= 4 is 11.7 Å². The highest BCUT2D eigenvalue weighted by Gasteiger charge is 2.56. The van der Waals surface area contributed by atoms with Gasteiger partial charge in [0.2, 0.25) is 0 Å². The van der Waals surface area contributed by atoms with Crippen LogP contribution in [0.2, 0.25) is 0 Å². The van der Waals surface area contributed by atoms with Gasteiger partial charge < -0.3 is 25.0 Å². The van der Waals surface area contributed by atoms with Crippen LogP contribution in [0.1, 0.15) is 32.0 Å². The highest BCUT2D eigenvalue weighted by molar-refractivity contribution is 5.84. The third-order valence-electron chi connectivity index (χ3n) is 4.40. The summed E-state index contributed by atoms with van der Waals surface area (Å²) in [5, 5.41) is 26.2. The van der Waals surface area contributed by atoms with Crippen LogP contribution in [0.3, 0.4) is 0 Å². The number of aromatic nitrogens is 2. The summed E-state index contributed by atoms with van der Waals surface area (Å²) in [5.74, 6) is 0.881. The number of imidazole rings is 1. The number of rotatable bonds is 6. The van der Waals surface area contributed by atoms with Gasteiger partial charge in [0.15, 0.2) is 24.4 Å². The summed E-state index contributed by atoms with van der Waals surface area (Å²) in [7, 11) is 0. The molecule has 5 atom stereocenters. The van der Waals surface area contributed by atoms with Crippen LogP contribution in [-0.4, -0.2) is 63.2 Å². The maximum atomic E-state index is 14.8. The summed E-state index contributed by atoms with van der Waals surface area (Å²) in [4.78, 5) is 11.1. The molecular formula is C14H20FN7O4. The second kappa shape index (κ2) is 7.17. The Bertz CT molecular complexity index is 750. The fraction of sp³-hybridized carbons (Fsp3) is 0.714. The molecule has 142 valence electrons. The smallest absolute Gasteiger partial charge is 0.175 e. The van der Waals surface area contributed by atoms with E-state index >= 15 is 0 Å². The van der Waals surface area contributed by atoms with E-state index in [-0.39, 0.29) is 0 Å². The average Bonchev–Trinajstić information content (AvgIpc) is 3.14. The number of nitrogens with zero attached hydrogens (tertiary/aromatic N) is 6. The SMILES string of the molecule is CCOC1NC(C)=Nc2c1ncn2[C@@H]1O[C@@](CO)(CN=[N+]=[N-])[C@@H](O)[C@H]1F. The predicted molar refractivity (Wildman–Crippen MR) is 87.4 cm³/mol. The molecule has 3 heterocycles. The molecule has 1 saturated heterocycles. The maximum Gasteiger partial charge on any atom is 0.175 e. The molecule has 1 aromatic heterocycles. The van der Waals surface area contributed by atoms with Crippen molar-refractivity contribution in [3.8, 4) is 0 Å². The van der Waals surface area contributed by atoms with E-state index < -0.39 is 43.5 Å². The summed E-state index contributed by atoms with van der Waals surface area (Å²) in [6.45, 7) is 2.86. The van der Waals surface area contributed by atoms with E-state index in [0.29, 0.717) is 24.0 Å². The van der Waals surface area contributed by atoms with E-state index in [1.807, 2.05) is 6.92 Å². The molecule has 0 amide bonds. The Balaban J connectivity index is 1.97. The molecule has 3 rings (SSSR count). The molecule has 0 saturated carbocycles. The minimum atomic E-state index is -1.88. The van der Waals surface area contributed by atoms with Crippen LogP contribution in [0, 0.1) is 0 Å². The Hall–Kier alpha value is -2.24. The Morgan fingerprint density at radius 2 is 2.38 bits per heavy atom. The molecule has 11 nitrogen and oxygen atoms in total. The summed E-state index contributed by atoms with van der Waals surface area (Å²) in [6, 6.07) is 0. The minimum Gasteiger partial charge on any atom is -0.393 e. The van der Waals surface area contributed by atoms with Crippen LogP contribution in [0.5, 0.6) is 0 Å². The van der Waals surface area contributed by atoms with Gasteiger partial charge in [-0.05, 0) is 19.4 Å². The van der Waals surface area contributed by atoms with Crippen LogP contribution in [0.15, 0.2) is 16.4 Å². The number of amidine groups is 1. The average molecular weight is 369 g/mol. The van der Waals surface area contributed by atoms with E-state index in [1.165, 1.54) is 10.9 Å². The Morgan fingerprint density at radius 1 is 1.62 bits per heavy atom. The number of halogens is 1. The number of alkyl halides is 1. The van der Waals surface area contributed by atoms with E-state index in [1.54, 1.807) is 6.92 Å². The van der Waals surface area contributed by atoms with Gasteiger partial charge in [0.25, 0.3) is 0 Å². The Kier molecular flexibility index (Phi) is 5.12. The first kappa shape index (κ1) is 18.5. The third kappa shape index (κ3) is 2.91. The third-order valence-corrected chi connectivity index (χ3v) is 4.40. The topological polar surface area (TPSA) is 150 Å². The molecule has 12 heteroatoms. The zero-order valence-corrected chi connectivity index (χ0v) is 14.3. The van der Waals surface area contributed by atoms with Gasteiger partial charge in [-0.25, -0.2) is 14.4 Å². The van der Waals surface area contributed by atoms with Crippen LogP contribution >= 0.6 is 0 Å². The second-order valence-corrected chi connectivity index (χ2v) is 6.05. The summed E-state index contributed by atoms with van der Waals surface area (Å²) >= 11 is 0. The molecule has 1 unspecified atom stereocenters. The molecule has 0 radical (unpaired) electrons. The number of aliphatic imine (C=N–C) groups is 1. The Morgan fingerprint density at radius 3 is 3.04 bits per heavy atom. The van der Waals surface area contributed by atoms with Gasteiger partial charge >= 0.3 is 0 Å². The van der Waals surface area contributed by atoms with Gasteiger partial charge in [-0.3, -0.25) is 4.57 Å². The molecule has 0 aromatic carbocycles. The molecule has 1 fully saturated rings. The van der Waals surface area contributed by atoms with Crippen LogP contribution in [0.25, 0.3) is 10.4 Å². The molecule has 26 heavy (non-hydrogen) atoms. The van der Waals surface area contributed by atoms with Crippen LogP contribution in [-0.2, 0) is 9.47 Å². The number of nitrogens with one attached hydrogen (secondary N) is 1. The molecule has 0 aliphatic carbocycles. The Labute approximate surface area is 148 Å². The number of fused-ring (bicyclic) bond motifs is 1. The van der Waals surface area contributed by atoms with Crippen molar-refractivity contribution in [2.45, 2.75) is 44.2 Å². The number of ether oxygens (including phenoxy) is 2. The van der Waals surface area contributed by atoms with Crippen LogP contribution < -0.4 is 5.32 Å². The molecule has 1 aromatic rings. The highest BCUT2D eigenvalue weighted by Crippen LogP contribution is 2.42. The lowest BCUT2D eigenvalue weighted by Gasteiger charge is -2.28. The number of hydrogen-bond acceptors (Lipinski definition) is 8. The van der Waals surface area contributed by atoms with Gasteiger partial charge in [-0.2, -0.15) is 0 Å². The summed E-state index contributed by atoms with van der Waals surface area (Å²) in [6.07, 6.45) is -4.06. The molecular weight excluding hydrogens is 349 g/mol. The van der Waals surface area contributed by atoms with Gasteiger partial charge in [-0.15, -0.1) is 0 Å². The molecule has 2 aliphatic heterocycles. The quantitative estimate of drug-likeness (QED) is 0.384. The zero-order valence-electron chi connectivity index (χ0n) is 14.3. The second-order valence-electron chi connectivity index (χ2n) is 6.05. The first-order chi connectivity index (χ1) is 12.5. The largest absolute Gasteiger partial charge is 0.393 e. The zero-order chi connectivity index (χ0) is 18.9. The lowest BCUT2D eigenvalue weighted by atomic mass is 9.97. The normalized spacial score (nSPS) is 33.2. The monoisotopic (exact) mass is 369 g/mol. The number of aliphatic hydroxyl groups is 2. The van der Waals surface area contributed by atoms with Gasteiger partial charge in [0.05, 0.1) is 19.5 Å². The first-order valence-corrected chi connectivity index (χ1v) is 8.09. The van der Waals surface area contributed by atoms with E-state index in [9.17, 15) is 14.6 Å². The lowest BCUT2D eigenvalue weighted by Crippen LogP contribution is -2.48. The van der Waals surface area contributed by atoms with Crippen molar-refractivity contribution in [1.29, 1.82) is 0 Å². The van der Waals surface area contributed by atoms with Gasteiger partial charge in [0.1, 0.15) is 23.2 Å². The minimum absolute atomic E-state index is 0.331. The van der Waals surface area contributed by atoms with Crippen molar-refractivity contribution in [3.05, 3.63) is 22.5 Å². The molecule has 0 spiro atoms. The maximum absolute atomic E-state index is 14.8. The van der Waals surface area contributed by atoms with Gasteiger partial charge in [0, 0.05) is 11.5 Å². The number of aliphatic hydroxyl groups excluding tert-OH is 2. The summed E-state index contributed by atoms with van der Waals surface area (Å²) in [5.41, 5.74) is 7.22. The highest BCUT2D eigenvalue weighted by atomic mass is 19.1. The number of hydrogen-bond donors (Lipinski definition) is 3. The lowest BCUT2D eigenvalue weighted by molar-refractivity contribution is -0.121. The van der Waals surface area contributed by atoms with Gasteiger partial charge in [-0.1, -0.05) is 5.11 Å². The molecule has 0 bridgehead atoms. The predicted octanol–water partition coefficient (Wildman–Crippen LogP) is 0.840. The van der Waals surface area contributed by atoms with Crippen molar-refractivity contribution in [2.24, 2.45) is 10.1 Å². The van der Waals surface area contributed by atoms with Crippen molar-refractivity contribution in [3.63, 3.8) is 0 Å². The number of azide groups is 1. The first-order valence-electron chi connectivity index (χ1n) is 8.09. The fourth-order valence-corrected chi connectivity index (χ4v) is 3.09. The fourth-order valence-electron chi connectivity index (χ4n) is 3.09. The van der Waals surface area contributed by atoms with Crippen LogP contribution in [0.4, 0.5) is 10.2 Å². The van der Waals surface area contributed by atoms with E-state index in [2.05, 4.69) is 25.3 Å². The molecule has 2 aliphatic rings. The standard InChI is InChI=1S/C14H20FN7O4/c1-3-25-12-9-11(19-7(2)20-12)22(6-17-9)13-8(15)10(24)14(5-23,26-13)4-18-21-16/h6,8,10,12-13,23-24H,3-5H2,1-2H3,(H,19,20)/t8-,10+,12?,13-,14-/m1/s1. The van der Waals surface area contributed by atoms with Crippen molar-refractivity contribution < 1.29 is 24.1 Å². The van der Waals surface area contributed by atoms with Crippen molar-refractivity contribution in [1.82, 2.24) is 14.9 Å². The molecule has 3 N–H and O–H groups in total.